The number of nitrogens with one attached hydrogen (secondary N) is 3. The van der Waals surface area contributed by atoms with Crippen LogP contribution in [0.5, 0.6) is 5.75 Å². The van der Waals surface area contributed by atoms with Gasteiger partial charge in [0.2, 0.25) is 5.91 Å². The minimum Gasteiger partial charge on any atom is -0.478 e. The van der Waals surface area contributed by atoms with E-state index in [4.69, 9.17) is 9.47 Å². The van der Waals surface area contributed by atoms with Crippen LogP contribution < -0.4 is 20.7 Å². The highest BCUT2D eigenvalue weighted by Crippen LogP contribution is 2.34. The highest BCUT2D eigenvalue weighted by atomic mass is 16.5. The summed E-state index contributed by atoms with van der Waals surface area (Å²) in [6.07, 6.45) is 1.65. The zero-order chi connectivity index (χ0) is 19.4. The lowest BCUT2D eigenvalue weighted by molar-refractivity contribution is -0.136. The molecule has 148 valence electrons. The van der Waals surface area contributed by atoms with Crippen LogP contribution in [-0.2, 0) is 14.3 Å². The van der Waals surface area contributed by atoms with Crippen molar-refractivity contribution >= 4 is 17.5 Å². The van der Waals surface area contributed by atoms with Crippen molar-refractivity contribution in [1.29, 1.82) is 0 Å². The third kappa shape index (κ3) is 4.09. The van der Waals surface area contributed by atoms with E-state index in [0.29, 0.717) is 24.5 Å². The molecule has 2 heterocycles. The van der Waals surface area contributed by atoms with Crippen LogP contribution in [0.2, 0.25) is 0 Å². The summed E-state index contributed by atoms with van der Waals surface area (Å²) < 4.78 is 11.2. The molecule has 27 heavy (non-hydrogen) atoms. The predicted octanol–water partition coefficient (Wildman–Crippen LogP) is 1.99. The molecule has 0 spiro atoms. The molecule has 0 aromatic heterocycles. The lowest BCUT2D eigenvalue weighted by Gasteiger charge is -2.36. The Morgan fingerprint density at radius 3 is 2.81 bits per heavy atom. The van der Waals surface area contributed by atoms with Crippen molar-refractivity contribution < 1.29 is 19.1 Å². The number of benzene rings is 1. The van der Waals surface area contributed by atoms with Crippen LogP contribution in [0.1, 0.15) is 44.7 Å². The van der Waals surface area contributed by atoms with E-state index in [1.54, 1.807) is 7.11 Å². The molecule has 0 aliphatic carbocycles. The highest BCUT2D eigenvalue weighted by molar-refractivity contribution is 5.97. The Balaban J connectivity index is 1.73. The molecule has 7 nitrogen and oxygen atoms in total. The molecule has 1 fully saturated rings. The number of methoxy groups -OCH3 is 1. The van der Waals surface area contributed by atoms with Crippen LogP contribution in [0.15, 0.2) is 18.2 Å². The fourth-order valence-corrected chi connectivity index (χ4v) is 3.75. The zero-order valence-corrected chi connectivity index (χ0v) is 16.3. The van der Waals surface area contributed by atoms with Crippen molar-refractivity contribution in [3.8, 4) is 5.75 Å². The highest BCUT2D eigenvalue weighted by Gasteiger charge is 2.40. The third-order valence-electron chi connectivity index (χ3n) is 5.51. The largest absolute Gasteiger partial charge is 0.478 e. The molecule has 2 atom stereocenters. The van der Waals surface area contributed by atoms with Crippen LogP contribution in [0.4, 0.5) is 5.69 Å². The van der Waals surface area contributed by atoms with Gasteiger partial charge in [-0.25, -0.2) is 0 Å². The van der Waals surface area contributed by atoms with Gasteiger partial charge >= 0.3 is 0 Å². The molecule has 2 amide bonds. The first kappa shape index (κ1) is 19.6. The standard InChI is InChI=1S/C20H29N3O4/c1-4-16-18(24)23-15-6-5-14(11-17(15)27-16)13(2)22-19(25)20(12-26-3)7-9-21-10-8-20/h5-6,11,13,16,21H,4,7-10,12H2,1-3H3,(H,22,25)(H,23,24). The van der Waals surface area contributed by atoms with Crippen LogP contribution in [0, 0.1) is 5.41 Å². The molecule has 1 aromatic rings. The summed E-state index contributed by atoms with van der Waals surface area (Å²) >= 11 is 0. The van der Waals surface area contributed by atoms with E-state index in [-0.39, 0.29) is 17.9 Å². The van der Waals surface area contributed by atoms with Gasteiger partial charge in [-0.15, -0.1) is 0 Å². The first-order valence-corrected chi connectivity index (χ1v) is 9.61. The van der Waals surface area contributed by atoms with Crippen LogP contribution in [0.25, 0.3) is 0 Å². The summed E-state index contributed by atoms with van der Waals surface area (Å²) in [6, 6.07) is 5.46. The Labute approximate surface area is 160 Å². The first-order valence-electron chi connectivity index (χ1n) is 9.61. The van der Waals surface area contributed by atoms with Gasteiger partial charge in [-0.05, 0) is 57.0 Å². The van der Waals surface area contributed by atoms with Gasteiger partial charge in [0.25, 0.3) is 5.91 Å². The second kappa shape index (κ2) is 8.27. The molecule has 1 aromatic carbocycles. The van der Waals surface area contributed by atoms with Gasteiger partial charge in [-0.2, -0.15) is 0 Å². The molecular weight excluding hydrogens is 346 g/mol. The summed E-state index contributed by atoms with van der Waals surface area (Å²) in [5.41, 5.74) is 1.12. The number of amides is 2. The number of anilines is 1. The maximum atomic E-state index is 13.0. The molecule has 2 unspecified atom stereocenters. The van der Waals surface area contributed by atoms with Crippen LogP contribution >= 0.6 is 0 Å². The van der Waals surface area contributed by atoms with Crippen LogP contribution in [0.3, 0.4) is 0 Å². The van der Waals surface area contributed by atoms with Crippen molar-refractivity contribution in [3.63, 3.8) is 0 Å². The molecule has 2 aliphatic heterocycles. The molecule has 0 bridgehead atoms. The fourth-order valence-electron chi connectivity index (χ4n) is 3.75. The maximum absolute atomic E-state index is 13.0. The van der Waals surface area contributed by atoms with Crippen molar-refractivity contribution in [2.75, 3.05) is 32.1 Å². The van der Waals surface area contributed by atoms with Crippen molar-refractivity contribution in [3.05, 3.63) is 23.8 Å². The third-order valence-corrected chi connectivity index (χ3v) is 5.51. The summed E-state index contributed by atoms with van der Waals surface area (Å²) in [5.74, 6) is 0.553. The number of ether oxygens (including phenoxy) is 2. The van der Waals surface area contributed by atoms with E-state index in [9.17, 15) is 9.59 Å². The number of hydrogen-bond donors (Lipinski definition) is 3. The van der Waals surface area contributed by atoms with E-state index < -0.39 is 11.5 Å². The minimum atomic E-state index is -0.486. The molecule has 0 saturated carbocycles. The van der Waals surface area contributed by atoms with E-state index in [2.05, 4.69) is 16.0 Å². The Morgan fingerprint density at radius 1 is 1.41 bits per heavy atom. The van der Waals surface area contributed by atoms with Gasteiger partial charge < -0.3 is 25.4 Å². The monoisotopic (exact) mass is 375 g/mol. The molecular formula is C20H29N3O4. The minimum absolute atomic E-state index is 0.0247. The number of hydrogen-bond acceptors (Lipinski definition) is 5. The van der Waals surface area contributed by atoms with Crippen molar-refractivity contribution in [2.24, 2.45) is 5.41 Å². The summed E-state index contributed by atoms with van der Waals surface area (Å²) in [6.45, 7) is 5.92. The van der Waals surface area contributed by atoms with Crippen LogP contribution in [-0.4, -0.2) is 44.7 Å². The Bertz CT molecular complexity index is 695. The zero-order valence-electron chi connectivity index (χ0n) is 16.3. The number of fused-ring (bicyclic) bond motifs is 1. The number of rotatable bonds is 6. The first-order chi connectivity index (χ1) is 13.0. The molecule has 0 radical (unpaired) electrons. The van der Waals surface area contributed by atoms with E-state index >= 15 is 0 Å². The van der Waals surface area contributed by atoms with E-state index in [1.807, 2.05) is 32.0 Å². The van der Waals surface area contributed by atoms with Gasteiger partial charge in [0.05, 0.1) is 23.8 Å². The number of carbonyl (C=O) groups is 2. The molecule has 7 heteroatoms. The smallest absolute Gasteiger partial charge is 0.265 e. The van der Waals surface area contributed by atoms with E-state index in [1.165, 1.54) is 0 Å². The van der Waals surface area contributed by atoms with Crippen molar-refractivity contribution in [1.82, 2.24) is 10.6 Å². The summed E-state index contributed by atoms with van der Waals surface area (Å²) in [5, 5.41) is 9.31. The maximum Gasteiger partial charge on any atom is 0.265 e. The molecule has 3 rings (SSSR count). The lowest BCUT2D eigenvalue weighted by Crippen LogP contribution is -2.50. The molecule has 3 N–H and O–H groups in total. The Kier molecular flexibility index (Phi) is 6.01. The summed E-state index contributed by atoms with van der Waals surface area (Å²) in [4.78, 5) is 24.9. The van der Waals surface area contributed by atoms with Gasteiger partial charge in [0, 0.05) is 7.11 Å². The average Bonchev–Trinajstić information content (AvgIpc) is 2.68. The topological polar surface area (TPSA) is 88.7 Å². The lowest BCUT2D eigenvalue weighted by atomic mass is 9.78. The quantitative estimate of drug-likeness (QED) is 0.708. The molecule has 2 aliphatic rings. The predicted molar refractivity (Wildman–Crippen MR) is 103 cm³/mol. The van der Waals surface area contributed by atoms with Crippen molar-refractivity contribution in [2.45, 2.75) is 45.3 Å². The average molecular weight is 375 g/mol. The number of piperidine rings is 1. The normalized spacial score (nSPS) is 22.2. The molecule has 1 saturated heterocycles. The van der Waals surface area contributed by atoms with Gasteiger partial charge in [-0.1, -0.05) is 13.0 Å². The second-order valence-corrected chi connectivity index (χ2v) is 7.42. The van der Waals surface area contributed by atoms with Gasteiger partial charge in [0.15, 0.2) is 6.10 Å². The van der Waals surface area contributed by atoms with Gasteiger partial charge in [-0.3, -0.25) is 9.59 Å². The summed E-state index contributed by atoms with van der Waals surface area (Å²) in [7, 11) is 1.64. The van der Waals surface area contributed by atoms with E-state index in [0.717, 1.165) is 31.5 Å². The SMILES string of the molecule is CCC1Oc2cc(C(C)NC(=O)C3(COC)CCNCC3)ccc2NC1=O. The Morgan fingerprint density at radius 2 is 2.15 bits per heavy atom. The van der Waals surface area contributed by atoms with Gasteiger partial charge in [0.1, 0.15) is 5.75 Å². The second-order valence-electron chi connectivity index (χ2n) is 7.42. The Hall–Kier alpha value is -2.12. The fraction of sp³-hybridized carbons (Fsp3) is 0.600. The number of carbonyl (C=O) groups excluding carboxylic acids is 2.